The lowest BCUT2D eigenvalue weighted by atomic mass is 9.97. The highest BCUT2D eigenvalue weighted by Crippen LogP contribution is 2.28. The van der Waals surface area contributed by atoms with Crippen molar-refractivity contribution >= 4 is 17.5 Å². The second kappa shape index (κ2) is 8.61. The third-order valence-electron chi connectivity index (χ3n) is 5.60. The fourth-order valence-corrected chi connectivity index (χ4v) is 3.98. The molecule has 0 spiro atoms. The molecule has 1 amide bonds. The molecule has 0 unspecified atom stereocenters. The molecule has 0 radical (unpaired) electrons. The zero-order valence-corrected chi connectivity index (χ0v) is 17.6. The number of nitrogens with one attached hydrogen (secondary N) is 1. The Hall–Kier alpha value is -3.29. The van der Waals surface area contributed by atoms with E-state index in [1.54, 1.807) is 14.2 Å². The lowest BCUT2D eigenvalue weighted by molar-refractivity contribution is -0.125. The third-order valence-corrected chi connectivity index (χ3v) is 5.60. The molecule has 8 nitrogen and oxygen atoms in total. The molecule has 2 aromatic heterocycles. The molecule has 30 heavy (non-hydrogen) atoms. The Balaban J connectivity index is 1.42. The lowest BCUT2D eigenvalue weighted by Gasteiger charge is -2.32. The Labute approximate surface area is 175 Å². The van der Waals surface area contributed by atoms with Gasteiger partial charge in [0.1, 0.15) is 0 Å². The van der Waals surface area contributed by atoms with Crippen LogP contribution in [0.5, 0.6) is 11.5 Å². The van der Waals surface area contributed by atoms with Crippen LogP contribution >= 0.6 is 0 Å². The van der Waals surface area contributed by atoms with Crippen LogP contribution in [0.25, 0.3) is 5.65 Å². The first kappa shape index (κ1) is 20.0. The Morgan fingerprint density at radius 2 is 2.00 bits per heavy atom. The zero-order valence-electron chi connectivity index (χ0n) is 17.6. The maximum Gasteiger partial charge on any atom is 0.231 e. The van der Waals surface area contributed by atoms with Crippen LogP contribution in [0.3, 0.4) is 0 Å². The van der Waals surface area contributed by atoms with E-state index in [1.165, 1.54) is 0 Å². The minimum atomic E-state index is -0.0877. The fraction of sp³-hybridized carbons (Fsp3) is 0.409. The number of aryl methyl sites for hydroxylation is 1. The molecule has 1 fully saturated rings. The molecule has 0 bridgehead atoms. The summed E-state index contributed by atoms with van der Waals surface area (Å²) in [5, 5.41) is 11.7. The quantitative estimate of drug-likeness (QED) is 0.674. The standard InChI is InChI=1S/C22H27N5O3/c1-15-6-4-8-20-24-25-22(27(15)20)26-11-5-7-17(14-26)21(28)23-13-16-9-10-18(29-2)19(12-16)30-3/h4,6,8-10,12,17H,5,7,11,13-14H2,1-3H3,(H,23,28)/t17-/m0/s1. The van der Waals surface area contributed by atoms with Gasteiger partial charge in [0.05, 0.1) is 20.1 Å². The van der Waals surface area contributed by atoms with Gasteiger partial charge in [0.2, 0.25) is 11.9 Å². The molecule has 3 aromatic rings. The number of hydrogen-bond acceptors (Lipinski definition) is 6. The fourth-order valence-electron chi connectivity index (χ4n) is 3.98. The van der Waals surface area contributed by atoms with Crippen LogP contribution < -0.4 is 19.7 Å². The maximum absolute atomic E-state index is 12.9. The van der Waals surface area contributed by atoms with E-state index in [4.69, 9.17) is 9.47 Å². The smallest absolute Gasteiger partial charge is 0.231 e. The Bertz CT molecular complexity index is 1050. The van der Waals surface area contributed by atoms with Crippen molar-refractivity contribution < 1.29 is 14.3 Å². The van der Waals surface area contributed by atoms with Gasteiger partial charge in [-0.3, -0.25) is 9.20 Å². The van der Waals surface area contributed by atoms with Crippen molar-refractivity contribution in [1.82, 2.24) is 19.9 Å². The van der Waals surface area contributed by atoms with Gasteiger partial charge in [-0.15, -0.1) is 10.2 Å². The van der Waals surface area contributed by atoms with Gasteiger partial charge < -0.3 is 19.7 Å². The molecule has 0 aliphatic carbocycles. The predicted molar refractivity (Wildman–Crippen MR) is 114 cm³/mol. The summed E-state index contributed by atoms with van der Waals surface area (Å²) in [6.07, 6.45) is 1.80. The molecular formula is C22H27N5O3. The highest BCUT2D eigenvalue weighted by molar-refractivity contribution is 5.79. The van der Waals surface area contributed by atoms with E-state index in [1.807, 2.05) is 47.7 Å². The second-order valence-corrected chi connectivity index (χ2v) is 7.55. The molecule has 4 rings (SSSR count). The zero-order chi connectivity index (χ0) is 21.1. The highest BCUT2D eigenvalue weighted by atomic mass is 16.5. The Morgan fingerprint density at radius 3 is 2.80 bits per heavy atom. The number of anilines is 1. The van der Waals surface area contributed by atoms with E-state index in [2.05, 4.69) is 20.4 Å². The largest absolute Gasteiger partial charge is 0.493 e. The normalized spacial score (nSPS) is 16.5. The van der Waals surface area contributed by atoms with E-state index in [9.17, 15) is 4.79 Å². The van der Waals surface area contributed by atoms with Gasteiger partial charge in [0, 0.05) is 25.3 Å². The predicted octanol–water partition coefficient (Wildman–Crippen LogP) is 2.59. The summed E-state index contributed by atoms with van der Waals surface area (Å²) in [6, 6.07) is 11.6. The van der Waals surface area contributed by atoms with E-state index in [-0.39, 0.29) is 11.8 Å². The number of fused-ring (bicyclic) bond motifs is 1. The number of amides is 1. The molecule has 1 aromatic carbocycles. The molecule has 1 atom stereocenters. The van der Waals surface area contributed by atoms with Crippen molar-refractivity contribution in [3.63, 3.8) is 0 Å². The number of carbonyl (C=O) groups is 1. The van der Waals surface area contributed by atoms with Gasteiger partial charge in [0.15, 0.2) is 17.1 Å². The molecule has 8 heteroatoms. The Kier molecular flexibility index (Phi) is 5.74. The van der Waals surface area contributed by atoms with Crippen molar-refractivity contribution in [1.29, 1.82) is 0 Å². The van der Waals surface area contributed by atoms with Gasteiger partial charge in [-0.25, -0.2) is 0 Å². The van der Waals surface area contributed by atoms with Gasteiger partial charge in [-0.2, -0.15) is 0 Å². The van der Waals surface area contributed by atoms with Gasteiger partial charge in [0.25, 0.3) is 0 Å². The number of ether oxygens (including phenoxy) is 2. The van der Waals surface area contributed by atoms with Crippen molar-refractivity contribution in [2.45, 2.75) is 26.3 Å². The van der Waals surface area contributed by atoms with Crippen LogP contribution in [0.2, 0.25) is 0 Å². The SMILES string of the molecule is COc1ccc(CNC(=O)[C@H]2CCCN(c3nnc4cccc(C)n34)C2)cc1OC. The van der Waals surface area contributed by atoms with Crippen LogP contribution in [0, 0.1) is 12.8 Å². The number of benzene rings is 1. The van der Waals surface area contributed by atoms with E-state index < -0.39 is 0 Å². The monoisotopic (exact) mass is 409 g/mol. The van der Waals surface area contributed by atoms with E-state index in [0.717, 1.165) is 42.2 Å². The topological polar surface area (TPSA) is 81.0 Å². The second-order valence-electron chi connectivity index (χ2n) is 7.55. The number of nitrogens with zero attached hydrogens (tertiary/aromatic N) is 4. The summed E-state index contributed by atoms with van der Waals surface area (Å²) >= 11 is 0. The first-order valence-electron chi connectivity index (χ1n) is 10.1. The average molecular weight is 409 g/mol. The van der Waals surface area contributed by atoms with Crippen molar-refractivity contribution in [2.75, 3.05) is 32.2 Å². The number of piperidine rings is 1. The number of pyridine rings is 1. The van der Waals surface area contributed by atoms with Crippen molar-refractivity contribution in [3.05, 3.63) is 47.7 Å². The first-order chi connectivity index (χ1) is 14.6. The summed E-state index contributed by atoms with van der Waals surface area (Å²) in [5.74, 6) is 2.10. The van der Waals surface area contributed by atoms with Crippen LogP contribution in [-0.2, 0) is 11.3 Å². The number of carbonyl (C=O) groups excluding carboxylic acids is 1. The van der Waals surface area contributed by atoms with Gasteiger partial charge in [-0.1, -0.05) is 12.1 Å². The number of hydrogen-bond donors (Lipinski definition) is 1. The summed E-state index contributed by atoms with van der Waals surface area (Å²) < 4.78 is 12.7. The number of rotatable bonds is 6. The molecule has 1 aliphatic heterocycles. The molecular weight excluding hydrogens is 382 g/mol. The highest BCUT2D eigenvalue weighted by Gasteiger charge is 2.28. The number of methoxy groups -OCH3 is 2. The summed E-state index contributed by atoms with van der Waals surface area (Å²) in [5.41, 5.74) is 2.87. The molecule has 3 heterocycles. The van der Waals surface area contributed by atoms with Gasteiger partial charge in [-0.05, 0) is 49.6 Å². The summed E-state index contributed by atoms with van der Waals surface area (Å²) in [4.78, 5) is 15.0. The lowest BCUT2D eigenvalue weighted by Crippen LogP contribution is -2.43. The first-order valence-corrected chi connectivity index (χ1v) is 10.1. The minimum absolute atomic E-state index is 0.0556. The van der Waals surface area contributed by atoms with Crippen molar-refractivity contribution in [2.24, 2.45) is 5.92 Å². The average Bonchev–Trinajstić information content (AvgIpc) is 3.23. The minimum Gasteiger partial charge on any atom is -0.493 e. The summed E-state index contributed by atoms with van der Waals surface area (Å²) in [7, 11) is 3.21. The third kappa shape index (κ3) is 3.90. The molecule has 158 valence electrons. The molecule has 1 saturated heterocycles. The molecule has 1 N–H and O–H groups in total. The van der Waals surface area contributed by atoms with Crippen LogP contribution in [-0.4, -0.2) is 47.8 Å². The van der Waals surface area contributed by atoms with Crippen LogP contribution in [0.4, 0.5) is 5.95 Å². The van der Waals surface area contributed by atoms with Crippen molar-refractivity contribution in [3.8, 4) is 11.5 Å². The Morgan fingerprint density at radius 1 is 1.17 bits per heavy atom. The van der Waals surface area contributed by atoms with E-state index in [0.29, 0.717) is 24.6 Å². The maximum atomic E-state index is 12.9. The van der Waals surface area contributed by atoms with Gasteiger partial charge >= 0.3 is 0 Å². The van der Waals surface area contributed by atoms with E-state index >= 15 is 0 Å². The number of aromatic nitrogens is 3. The molecule has 0 saturated carbocycles. The van der Waals surface area contributed by atoms with Crippen LogP contribution in [0.1, 0.15) is 24.1 Å². The summed E-state index contributed by atoms with van der Waals surface area (Å²) in [6.45, 7) is 3.99. The van der Waals surface area contributed by atoms with Crippen LogP contribution in [0.15, 0.2) is 36.4 Å². The molecule has 1 aliphatic rings.